The summed E-state index contributed by atoms with van der Waals surface area (Å²) in [5, 5.41) is 14.0. The highest BCUT2D eigenvalue weighted by Gasteiger charge is 2.44. The molecule has 0 spiro atoms. The molecular formula is C28H27F2N3O3. The van der Waals surface area contributed by atoms with E-state index in [0.29, 0.717) is 0 Å². The van der Waals surface area contributed by atoms with Crippen molar-refractivity contribution in [3.05, 3.63) is 107 Å². The van der Waals surface area contributed by atoms with Gasteiger partial charge in [0.2, 0.25) is 5.91 Å². The molecule has 0 aliphatic rings. The van der Waals surface area contributed by atoms with Crippen LogP contribution in [0.5, 0.6) is 0 Å². The van der Waals surface area contributed by atoms with Crippen LogP contribution in [0.15, 0.2) is 79.0 Å². The van der Waals surface area contributed by atoms with E-state index in [4.69, 9.17) is 0 Å². The van der Waals surface area contributed by atoms with Gasteiger partial charge in [-0.25, -0.2) is 13.6 Å². The quantitative estimate of drug-likeness (QED) is 0.291. The first-order valence-electron chi connectivity index (χ1n) is 11.5. The van der Waals surface area contributed by atoms with Gasteiger partial charge < -0.3 is 15.4 Å². The minimum Gasteiger partial charge on any atom is -0.465 e. The number of carbonyl (C=O) groups excluding carboxylic acids is 1. The van der Waals surface area contributed by atoms with Gasteiger partial charge in [-0.05, 0) is 49.2 Å². The van der Waals surface area contributed by atoms with Gasteiger partial charge in [0.05, 0.1) is 12.6 Å². The normalized spacial score (nSPS) is 13.7. The highest BCUT2D eigenvalue weighted by Crippen LogP contribution is 2.30. The second kappa shape index (κ2) is 10.2. The van der Waals surface area contributed by atoms with Crippen molar-refractivity contribution in [3.63, 3.8) is 0 Å². The van der Waals surface area contributed by atoms with E-state index in [0.717, 1.165) is 45.1 Å². The maximum atomic E-state index is 14.5. The van der Waals surface area contributed by atoms with E-state index in [1.54, 1.807) is 13.1 Å². The number of aromatic nitrogens is 1. The molecule has 0 bridgehead atoms. The second-order valence-electron chi connectivity index (χ2n) is 9.02. The van der Waals surface area contributed by atoms with Gasteiger partial charge in [0, 0.05) is 29.1 Å². The predicted octanol–water partition coefficient (Wildman–Crippen LogP) is 5.80. The van der Waals surface area contributed by atoms with Crippen LogP contribution in [0.1, 0.15) is 36.6 Å². The summed E-state index contributed by atoms with van der Waals surface area (Å²) in [4.78, 5) is 30.3. The number of carbonyl (C=O) groups is 2. The van der Waals surface area contributed by atoms with E-state index < -0.39 is 41.8 Å². The van der Waals surface area contributed by atoms with Crippen molar-refractivity contribution in [2.24, 2.45) is 0 Å². The topological polar surface area (TPSA) is 85.4 Å². The van der Waals surface area contributed by atoms with Crippen molar-refractivity contribution in [1.82, 2.24) is 15.2 Å². The molecule has 0 radical (unpaired) electrons. The number of amides is 2. The van der Waals surface area contributed by atoms with E-state index in [1.807, 2.05) is 54.6 Å². The van der Waals surface area contributed by atoms with Crippen molar-refractivity contribution in [3.8, 4) is 0 Å². The Morgan fingerprint density at radius 3 is 2.44 bits per heavy atom. The molecule has 4 rings (SSSR count). The van der Waals surface area contributed by atoms with Crippen LogP contribution in [-0.2, 0) is 17.8 Å². The van der Waals surface area contributed by atoms with Crippen LogP contribution in [0.25, 0.3) is 10.9 Å². The average molecular weight is 492 g/mol. The standard InChI is InChI=1S/C28H27F2N3O3/c1-18(19-8-4-3-5-9-19)32-26(34)28(2,15-21-16-31-25-11-7-6-10-23(21)25)33(27(35)36)17-20-14-22(29)12-13-24(20)30/h3-14,16,18,31H,15,17H2,1-2H3,(H,32,34)(H,35,36)/t18-,28+/m1/s1. The molecule has 0 unspecified atom stereocenters. The minimum absolute atomic E-state index is 0.00753. The molecule has 4 aromatic rings. The number of para-hydroxylation sites is 1. The predicted molar refractivity (Wildman–Crippen MR) is 133 cm³/mol. The first-order chi connectivity index (χ1) is 17.2. The number of rotatable bonds is 8. The fourth-order valence-electron chi connectivity index (χ4n) is 4.41. The highest BCUT2D eigenvalue weighted by atomic mass is 19.1. The molecule has 2 atom stereocenters. The summed E-state index contributed by atoms with van der Waals surface area (Å²) in [5.41, 5.74) is 0.593. The number of halogens is 2. The molecule has 0 saturated carbocycles. The van der Waals surface area contributed by atoms with Crippen LogP contribution in [0.2, 0.25) is 0 Å². The zero-order chi connectivity index (χ0) is 25.9. The molecule has 0 aliphatic carbocycles. The molecule has 36 heavy (non-hydrogen) atoms. The zero-order valence-electron chi connectivity index (χ0n) is 20.0. The fraction of sp³-hybridized carbons (Fsp3) is 0.214. The fourth-order valence-corrected chi connectivity index (χ4v) is 4.41. The number of fused-ring (bicyclic) bond motifs is 1. The van der Waals surface area contributed by atoms with Gasteiger partial charge in [-0.15, -0.1) is 0 Å². The van der Waals surface area contributed by atoms with E-state index in [-0.39, 0.29) is 12.0 Å². The van der Waals surface area contributed by atoms with Gasteiger partial charge in [-0.1, -0.05) is 48.5 Å². The SMILES string of the molecule is C[C@@H](NC(=O)[C@](C)(Cc1c[nH]c2ccccc12)N(Cc1cc(F)ccc1F)C(=O)O)c1ccccc1. The number of carboxylic acid groups (broad SMARTS) is 1. The Hall–Kier alpha value is -4.20. The lowest BCUT2D eigenvalue weighted by Crippen LogP contribution is -2.60. The summed E-state index contributed by atoms with van der Waals surface area (Å²) < 4.78 is 28.4. The second-order valence-corrected chi connectivity index (χ2v) is 9.02. The van der Waals surface area contributed by atoms with E-state index in [2.05, 4.69) is 10.3 Å². The first kappa shape index (κ1) is 24.9. The lowest BCUT2D eigenvalue weighted by Gasteiger charge is -2.39. The largest absolute Gasteiger partial charge is 0.465 e. The Bertz CT molecular complexity index is 1390. The maximum Gasteiger partial charge on any atom is 0.408 e. The maximum absolute atomic E-state index is 14.5. The summed E-state index contributed by atoms with van der Waals surface area (Å²) in [6.07, 6.45) is 0.316. The van der Waals surface area contributed by atoms with Gasteiger partial charge in [0.25, 0.3) is 0 Å². The van der Waals surface area contributed by atoms with Gasteiger partial charge in [0.1, 0.15) is 17.2 Å². The van der Waals surface area contributed by atoms with Crippen LogP contribution in [0.3, 0.4) is 0 Å². The highest BCUT2D eigenvalue weighted by molar-refractivity contribution is 5.91. The molecule has 3 aromatic carbocycles. The summed E-state index contributed by atoms with van der Waals surface area (Å²) in [6, 6.07) is 19.2. The van der Waals surface area contributed by atoms with Gasteiger partial charge in [-0.3, -0.25) is 9.69 Å². The third-order valence-corrected chi connectivity index (χ3v) is 6.51. The van der Waals surface area contributed by atoms with Crippen molar-refractivity contribution in [2.75, 3.05) is 0 Å². The zero-order valence-corrected chi connectivity index (χ0v) is 20.0. The van der Waals surface area contributed by atoms with E-state index >= 15 is 0 Å². The van der Waals surface area contributed by atoms with E-state index in [9.17, 15) is 23.5 Å². The first-order valence-corrected chi connectivity index (χ1v) is 11.5. The molecule has 0 aliphatic heterocycles. The number of aromatic amines is 1. The van der Waals surface area contributed by atoms with Crippen molar-refractivity contribution in [2.45, 2.75) is 38.4 Å². The Labute approximate surface area is 207 Å². The molecule has 3 N–H and O–H groups in total. The molecule has 186 valence electrons. The molecule has 1 aromatic heterocycles. The number of hydrogen-bond acceptors (Lipinski definition) is 2. The monoisotopic (exact) mass is 491 g/mol. The smallest absolute Gasteiger partial charge is 0.408 e. The Morgan fingerprint density at radius 2 is 1.72 bits per heavy atom. The number of benzene rings is 3. The molecule has 0 saturated heterocycles. The third-order valence-electron chi connectivity index (χ3n) is 6.51. The van der Waals surface area contributed by atoms with Gasteiger partial charge in [-0.2, -0.15) is 0 Å². The van der Waals surface area contributed by atoms with Crippen LogP contribution < -0.4 is 5.32 Å². The minimum atomic E-state index is -1.65. The average Bonchev–Trinajstić information content (AvgIpc) is 3.27. The molecule has 6 nitrogen and oxygen atoms in total. The van der Waals surface area contributed by atoms with Crippen molar-refractivity contribution in [1.29, 1.82) is 0 Å². The Kier molecular flexibility index (Phi) is 7.05. The summed E-state index contributed by atoms with van der Waals surface area (Å²) in [6.45, 7) is 2.80. The van der Waals surface area contributed by atoms with E-state index in [1.165, 1.54) is 6.92 Å². The van der Waals surface area contributed by atoms with Crippen LogP contribution in [0.4, 0.5) is 13.6 Å². The van der Waals surface area contributed by atoms with Gasteiger partial charge in [0.15, 0.2) is 0 Å². The van der Waals surface area contributed by atoms with Crippen molar-refractivity contribution >= 4 is 22.9 Å². The Morgan fingerprint density at radius 1 is 1.03 bits per heavy atom. The number of nitrogens with one attached hydrogen (secondary N) is 2. The number of H-pyrrole nitrogens is 1. The van der Waals surface area contributed by atoms with Crippen molar-refractivity contribution < 1.29 is 23.5 Å². The lowest BCUT2D eigenvalue weighted by atomic mass is 9.88. The summed E-state index contributed by atoms with van der Waals surface area (Å²) in [7, 11) is 0. The summed E-state index contributed by atoms with van der Waals surface area (Å²) >= 11 is 0. The molecule has 2 amide bonds. The summed E-state index contributed by atoms with van der Waals surface area (Å²) in [5.74, 6) is -2.00. The third kappa shape index (κ3) is 5.07. The number of nitrogens with zero attached hydrogens (tertiary/aromatic N) is 1. The Balaban J connectivity index is 1.75. The molecule has 0 fully saturated rings. The van der Waals surface area contributed by atoms with Crippen LogP contribution in [-0.4, -0.2) is 32.5 Å². The molecule has 1 heterocycles. The molecular weight excluding hydrogens is 464 g/mol. The lowest BCUT2D eigenvalue weighted by molar-refractivity contribution is -0.132. The van der Waals surface area contributed by atoms with Crippen LogP contribution >= 0.6 is 0 Å². The van der Waals surface area contributed by atoms with Gasteiger partial charge >= 0.3 is 6.09 Å². The number of hydrogen-bond donors (Lipinski definition) is 3. The molecule has 8 heteroatoms. The van der Waals surface area contributed by atoms with Crippen LogP contribution in [0, 0.1) is 11.6 Å².